The van der Waals surface area contributed by atoms with Gasteiger partial charge in [-0.15, -0.1) is 11.8 Å². The van der Waals surface area contributed by atoms with Gasteiger partial charge in [-0.1, -0.05) is 23.5 Å². The van der Waals surface area contributed by atoms with E-state index in [0.717, 1.165) is 35.0 Å². The number of benzene rings is 1. The number of nitrogens with zero attached hydrogens (tertiary/aromatic N) is 2. The molecule has 1 aromatic carbocycles. The number of aromatic amines is 1. The van der Waals surface area contributed by atoms with Crippen LogP contribution >= 0.6 is 23.1 Å². The first-order chi connectivity index (χ1) is 17.8. The van der Waals surface area contributed by atoms with E-state index in [1.54, 1.807) is 11.8 Å². The van der Waals surface area contributed by atoms with Crippen molar-refractivity contribution in [2.45, 2.75) is 49.3 Å². The molecule has 3 heterocycles. The van der Waals surface area contributed by atoms with Crippen molar-refractivity contribution in [3.8, 4) is 0 Å². The molecule has 0 spiro atoms. The van der Waals surface area contributed by atoms with Crippen molar-refractivity contribution >= 4 is 46.6 Å². The average Bonchev–Trinajstić information content (AvgIpc) is 3.60. The molecule has 2 aliphatic heterocycles. The summed E-state index contributed by atoms with van der Waals surface area (Å²) in [6.07, 6.45) is 1.08. The van der Waals surface area contributed by atoms with E-state index in [1.807, 2.05) is 0 Å². The summed E-state index contributed by atoms with van der Waals surface area (Å²) in [5, 5.41) is 10.1. The Bertz CT molecular complexity index is 1300. The highest BCUT2D eigenvalue weighted by atomic mass is 32.2. The van der Waals surface area contributed by atoms with Crippen LogP contribution in [0.3, 0.4) is 0 Å². The average molecular weight is 542 g/mol. The van der Waals surface area contributed by atoms with Gasteiger partial charge in [-0.2, -0.15) is 0 Å². The first kappa shape index (κ1) is 24.7. The van der Waals surface area contributed by atoms with Gasteiger partial charge in [-0.3, -0.25) is 24.1 Å². The van der Waals surface area contributed by atoms with Crippen LogP contribution in [0.25, 0.3) is 0 Å². The van der Waals surface area contributed by atoms with Crippen molar-refractivity contribution in [3.05, 3.63) is 44.4 Å². The van der Waals surface area contributed by atoms with Gasteiger partial charge in [0.2, 0.25) is 11.8 Å². The molecule has 2 saturated carbocycles. The van der Waals surface area contributed by atoms with E-state index in [9.17, 15) is 19.2 Å². The number of hydrogen-bond acceptors (Lipinski definition) is 7. The lowest BCUT2D eigenvalue weighted by Gasteiger charge is -2.43. The monoisotopic (exact) mass is 541 g/mol. The standard InChI is InChI=1S/C27H31N3O5S2/c1-3-29(4-2)14-9-7-13(8-10-14)18-19-15-12-16(22(19)36-24-23(18)37-27(35)28-24)21-20(15)25(33)30(26(21)34)11-5-6-17(31)32/h7-10,15-16,18-22H,3-6,11-12H2,1-2H3,(H,28,35)(H,31,32)/t15-,16+,18-,19-,20+,21-,22-/m1/s1. The van der Waals surface area contributed by atoms with Crippen molar-refractivity contribution in [2.75, 3.05) is 24.5 Å². The second-order valence-corrected chi connectivity index (χ2v) is 12.8. The number of carboxylic acid groups (broad SMARTS) is 1. The topological polar surface area (TPSA) is 111 Å². The number of carbonyl (C=O) groups is 3. The third-order valence-electron chi connectivity index (χ3n) is 8.97. The molecule has 7 atom stereocenters. The van der Waals surface area contributed by atoms with Crippen molar-refractivity contribution < 1.29 is 19.5 Å². The Kier molecular flexibility index (Phi) is 6.22. The normalized spacial score (nSPS) is 31.4. The minimum absolute atomic E-state index is 0.0101. The van der Waals surface area contributed by atoms with Crippen LogP contribution in [-0.2, 0) is 14.4 Å². The predicted molar refractivity (Wildman–Crippen MR) is 142 cm³/mol. The van der Waals surface area contributed by atoms with Gasteiger partial charge in [0.15, 0.2) is 0 Å². The number of thioether (sulfide) groups is 1. The van der Waals surface area contributed by atoms with Crippen LogP contribution in [0.2, 0.25) is 0 Å². The van der Waals surface area contributed by atoms with Gasteiger partial charge in [0.1, 0.15) is 0 Å². The molecule has 2 aromatic rings. The molecule has 1 aromatic heterocycles. The number of likely N-dealkylation sites (tertiary alicyclic amines) is 1. The second kappa shape index (κ2) is 9.31. The third-order valence-corrected chi connectivity index (χ3v) is 11.6. The fourth-order valence-electron chi connectivity index (χ4n) is 7.54. The van der Waals surface area contributed by atoms with Crippen LogP contribution < -0.4 is 9.77 Å². The Morgan fingerprint density at radius 2 is 1.76 bits per heavy atom. The lowest BCUT2D eigenvalue weighted by Crippen LogP contribution is -2.42. The highest BCUT2D eigenvalue weighted by Crippen LogP contribution is 2.68. The number of carbonyl (C=O) groups excluding carboxylic acids is 2. The maximum Gasteiger partial charge on any atom is 0.305 e. The number of H-pyrrole nitrogens is 1. The molecule has 2 aliphatic carbocycles. The van der Waals surface area contributed by atoms with Crippen molar-refractivity contribution in [1.29, 1.82) is 0 Å². The third kappa shape index (κ3) is 3.78. The lowest BCUT2D eigenvalue weighted by atomic mass is 9.68. The van der Waals surface area contributed by atoms with Gasteiger partial charge in [0, 0.05) is 47.8 Å². The van der Waals surface area contributed by atoms with E-state index in [-0.39, 0.29) is 76.8 Å². The number of anilines is 1. The number of imide groups is 1. The Labute approximate surface area is 223 Å². The van der Waals surface area contributed by atoms with E-state index in [4.69, 9.17) is 5.11 Å². The molecule has 2 amide bonds. The van der Waals surface area contributed by atoms with Gasteiger partial charge in [0.25, 0.3) is 0 Å². The van der Waals surface area contributed by atoms with Gasteiger partial charge in [0.05, 0.1) is 16.9 Å². The maximum atomic E-state index is 13.5. The summed E-state index contributed by atoms with van der Waals surface area (Å²) in [5.41, 5.74) is 2.32. The van der Waals surface area contributed by atoms with Gasteiger partial charge in [-0.25, -0.2) is 0 Å². The SMILES string of the molecule is CCN(CC)c1ccc([C@H]2c3sc(=O)[nH]c3S[C@@H]3[C@H]4C[C@@H]([C@@H]5C(=O)N(CCCC(=O)O)C(=O)[C@H]45)[C@H]23)cc1. The van der Waals surface area contributed by atoms with Crippen LogP contribution in [0.15, 0.2) is 34.1 Å². The van der Waals surface area contributed by atoms with Crippen molar-refractivity contribution in [3.63, 3.8) is 0 Å². The molecule has 3 fully saturated rings. The number of aliphatic carboxylic acids is 1. The molecular formula is C27H31N3O5S2. The number of thiazole rings is 1. The molecule has 0 radical (unpaired) electrons. The highest BCUT2D eigenvalue weighted by Gasteiger charge is 2.69. The van der Waals surface area contributed by atoms with Gasteiger partial charge < -0.3 is 15.0 Å². The van der Waals surface area contributed by atoms with Crippen LogP contribution in [0.5, 0.6) is 0 Å². The smallest absolute Gasteiger partial charge is 0.305 e. The summed E-state index contributed by atoms with van der Waals surface area (Å²) in [7, 11) is 0. The molecule has 0 unspecified atom stereocenters. The summed E-state index contributed by atoms with van der Waals surface area (Å²) in [4.78, 5) is 58.0. The zero-order valence-electron chi connectivity index (χ0n) is 20.9. The summed E-state index contributed by atoms with van der Waals surface area (Å²) < 4.78 is 0. The fourth-order valence-corrected chi connectivity index (χ4v) is 10.4. The molecule has 2 bridgehead atoms. The van der Waals surface area contributed by atoms with Crippen LogP contribution in [0.4, 0.5) is 5.69 Å². The zero-order chi connectivity index (χ0) is 26.0. The Hall–Kier alpha value is -2.59. The number of nitrogens with one attached hydrogen (secondary N) is 1. The zero-order valence-corrected chi connectivity index (χ0v) is 22.5. The van der Waals surface area contributed by atoms with Crippen LogP contribution in [0, 0.1) is 29.6 Å². The fraction of sp³-hybridized carbons (Fsp3) is 0.556. The van der Waals surface area contributed by atoms with Crippen LogP contribution in [-0.4, -0.2) is 57.7 Å². The minimum Gasteiger partial charge on any atom is -0.481 e. The summed E-state index contributed by atoms with van der Waals surface area (Å²) in [6.45, 7) is 6.31. The molecule has 4 aliphatic rings. The Morgan fingerprint density at radius 3 is 2.41 bits per heavy atom. The van der Waals surface area contributed by atoms with Crippen LogP contribution in [0.1, 0.15) is 49.5 Å². The molecule has 1 saturated heterocycles. The van der Waals surface area contributed by atoms with E-state index >= 15 is 0 Å². The number of aromatic nitrogens is 1. The summed E-state index contributed by atoms with van der Waals surface area (Å²) in [5.74, 6) is -1.49. The quantitative estimate of drug-likeness (QED) is 0.491. The Morgan fingerprint density at radius 1 is 1.08 bits per heavy atom. The van der Waals surface area contributed by atoms with Gasteiger partial charge in [-0.05, 0) is 62.1 Å². The number of carboxylic acids is 1. The van der Waals surface area contributed by atoms with Crippen molar-refractivity contribution in [1.82, 2.24) is 9.88 Å². The molecule has 8 nitrogen and oxygen atoms in total. The lowest BCUT2D eigenvalue weighted by molar-refractivity contribution is -0.142. The van der Waals surface area contributed by atoms with E-state index in [2.05, 4.69) is 48.0 Å². The van der Waals surface area contributed by atoms with E-state index < -0.39 is 5.97 Å². The first-order valence-corrected chi connectivity index (χ1v) is 14.8. The summed E-state index contributed by atoms with van der Waals surface area (Å²) >= 11 is 2.96. The number of amides is 2. The predicted octanol–water partition coefficient (Wildman–Crippen LogP) is 3.62. The first-order valence-electron chi connectivity index (χ1n) is 13.2. The number of rotatable bonds is 8. The largest absolute Gasteiger partial charge is 0.481 e. The molecule has 37 heavy (non-hydrogen) atoms. The summed E-state index contributed by atoms with van der Waals surface area (Å²) in [6, 6.07) is 8.64. The van der Waals surface area contributed by atoms with E-state index in [0.29, 0.717) is 0 Å². The minimum atomic E-state index is -0.920. The highest BCUT2D eigenvalue weighted by molar-refractivity contribution is 8.00. The number of fused-ring (bicyclic) bond motifs is 9. The number of hydrogen-bond donors (Lipinski definition) is 2. The Balaban J connectivity index is 1.35. The molecule has 6 rings (SSSR count). The van der Waals surface area contributed by atoms with Crippen molar-refractivity contribution in [2.24, 2.45) is 29.6 Å². The van der Waals surface area contributed by atoms with E-state index in [1.165, 1.54) is 21.9 Å². The molecule has 2 N–H and O–H groups in total. The molecule has 196 valence electrons. The molecule has 10 heteroatoms. The van der Waals surface area contributed by atoms with Gasteiger partial charge >= 0.3 is 10.8 Å². The maximum absolute atomic E-state index is 13.5. The molecular weight excluding hydrogens is 510 g/mol. The second-order valence-electron chi connectivity index (χ2n) is 10.5.